The minimum Gasteiger partial charge on any atom is -0.338 e. The average molecular weight is 339 g/mol. The van der Waals surface area contributed by atoms with E-state index in [-0.39, 0.29) is 24.4 Å². The van der Waals surface area contributed by atoms with E-state index < -0.39 is 0 Å². The number of carbonyl (C=O) groups excluding carboxylic acids is 1. The highest BCUT2D eigenvalue weighted by molar-refractivity contribution is 5.96. The molecule has 0 aliphatic carbocycles. The van der Waals surface area contributed by atoms with Gasteiger partial charge in [0.05, 0.1) is 24.3 Å². The zero-order valence-electron chi connectivity index (χ0n) is 14.6. The molecule has 3 rings (SSSR count). The van der Waals surface area contributed by atoms with Gasteiger partial charge in [-0.2, -0.15) is 10.2 Å². The van der Waals surface area contributed by atoms with Crippen LogP contribution in [0.2, 0.25) is 0 Å². The number of hydrogen-bond acceptors (Lipinski definition) is 6. The van der Waals surface area contributed by atoms with E-state index in [9.17, 15) is 10.1 Å². The normalized spacial score (nSPS) is 18.6. The summed E-state index contributed by atoms with van der Waals surface area (Å²) >= 11 is 0. The lowest BCUT2D eigenvalue weighted by Gasteiger charge is -2.38. The highest BCUT2D eigenvalue weighted by atomic mass is 16.5. The Morgan fingerprint density at radius 3 is 2.84 bits per heavy atom. The Kier molecular flexibility index (Phi) is 4.81. The van der Waals surface area contributed by atoms with Crippen LogP contribution in [0.1, 0.15) is 44.0 Å². The molecule has 1 aliphatic heterocycles. The van der Waals surface area contributed by atoms with Crippen molar-refractivity contribution in [3.63, 3.8) is 0 Å². The number of amides is 1. The second kappa shape index (κ2) is 7.03. The van der Waals surface area contributed by atoms with Crippen LogP contribution in [0.3, 0.4) is 0 Å². The fraction of sp³-hybridized carbons (Fsp3) is 0.444. The molecule has 7 nitrogen and oxygen atoms in total. The summed E-state index contributed by atoms with van der Waals surface area (Å²) in [6.45, 7) is 7.27. The van der Waals surface area contributed by atoms with Gasteiger partial charge in [-0.25, -0.2) is 0 Å². The van der Waals surface area contributed by atoms with Gasteiger partial charge in [-0.3, -0.25) is 9.69 Å². The SMILES string of the molecule is CC(C)c1noc(CN2CC(=O)N(c3ccccc3C#N)CC2C)n1. The predicted octanol–water partition coefficient (Wildman–Crippen LogP) is 2.30. The number of para-hydroxylation sites is 1. The Balaban J connectivity index is 1.73. The van der Waals surface area contributed by atoms with Crippen molar-refractivity contribution in [2.24, 2.45) is 0 Å². The van der Waals surface area contributed by atoms with Gasteiger partial charge in [0.2, 0.25) is 11.8 Å². The molecule has 25 heavy (non-hydrogen) atoms. The second-order valence-electron chi connectivity index (χ2n) is 6.59. The quantitative estimate of drug-likeness (QED) is 0.849. The zero-order chi connectivity index (χ0) is 18.0. The van der Waals surface area contributed by atoms with Crippen LogP contribution < -0.4 is 4.90 Å². The van der Waals surface area contributed by atoms with Gasteiger partial charge in [0.25, 0.3) is 0 Å². The van der Waals surface area contributed by atoms with Crippen LogP contribution >= 0.6 is 0 Å². The van der Waals surface area contributed by atoms with Crippen LogP contribution in [0.25, 0.3) is 0 Å². The van der Waals surface area contributed by atoms with Gasteiger partial charge in [0, 0.05) is 18.5 Å². The average Bonchev–Trinajstić information content (AvgIpc) is 3.07. The van der Waals surface area contributed by atoms with E-state index in [0.717, 1.165) is 0 Å². The molecule has 0 radical (unpaired) electrons. The Hall–Kier alpha value is -2.72. The molecule has 1 aromatic heterocycles. The summed E-state index contributed by atoms with van der Waals surface area (Å²) in [5.74, 6) is 1.37. The molecule has 1 saturated heterocycles. The van der Waals surface area contributed by atoms with Crippen LogP contribution in [0.15, 0.2) is 28.8 Å². The Morgan fingerprint density at radius 2 is 2.16 bits per heavy atom. The van der Waals surface area contributed by atoms with Crippen molar-refractivity contribution in [2.75, 3.05) is 18.0 Å². The van der Waals surface area contributed by atoms with Crippen molar-refractivity contribution in [2.45, 2.75) is 39.3 Å². The number of nitriles is 1. The molecule has 2 heterocycles. The summed E-state index contributed by atoms with van der Waals surface area (Å²) in [5.41, 5.74) is 1.18. The molecule has 7 heteroatoms. The molecule has 1 fully saturated rings. The zero-order valence-corrected chi connectivity index (χ0v) is 14.6. The molecule has 2 aromatic rings. The second-order valence-corrected chi connectivity index (χ2v) is 6.59. The molecular formula is C18H21N5O2. The minimum atomic E-state index is -0.0376. The summed E-state index contributed by atoms with van der Waals surface area (Å²) in [5, 5.41) is 13.2. The maximum absolute atomic E-state index is 12.6. The van der Waals surface area contributed by atoms with Crippen molar-refractivity contribution in [1.29, 1.82) is 5.26 Å². The number of benzene rings is 1. The number of hydrogen-bond donors (Lipinski definition) is 0. The predicted molar refractivity (Wildman–Crippen MR) is 91.8 cm³/mol. The third-order valence-electron chi connectivity index (χ3n) is 4.36. The van der Waals surface area contributed by atoms with E-state index >= 15 is 0 Å². The van der Waals surface area contributed by atoms with Gasteiger partial charge < -0.3 is 9.42 Å². The van der Waals surface area contributed by atoms with Crippen LogP contribution in [-0.2, 0) is 11.3 Å². The fourth-order valence-corrected chi connectivity index (χ4v) is 2.88. The third kappa shape index (κ3) is 3.54. The molecule has 0 spiro atoms. The van der Waals surface area contributed by atoms with E-state index in [4.69, 9.17) is 4.52 Å². The number of anilines is 1. The van der Waals surface area contributed by atoms with E-state index in [1.807, 2.05) is 37.8 Å². The lowest BCUT2D eigenvalue weighted by atomic mass is 10.1. The van der Waals surface area contributed by atoms with Crippen LogP contribution in [-0.4, -0.2) is 40.1 Å². The number of piperazine rings is 1. The van der Waals surface area contributed by atoms with Crippen molar-refractivity contribution >= 4 is 11.6 Å². The first-order chi connectivity index (χ1) is 12.0. The van der Waals surface area contributed by atoms with Gasteiger partial charge in [-0.05, 0) is 19.1 Å². The molecule has 1 unspecified atom stereocenters. The monoisotopic (exact) mass is 339 g/mol. The minimum absolute atomic E-state index is 0.0376. The Bertz CT molecular complexity index is 808. The first-order valence-electron chi connectivity index (χ1n) is 8.35. The van der Waals surface area contributed by atoms with Crippen LogP contribution in [0.4, 0.5) is 5.69 Å². The summed E-state index contributed by atoms with van der Waals surface area (Å²) in [7, 11) is 0. The van der Waals surface area contributed by atoms with Crippen molar-refractivity contribution in [3.05, 3.63) is 41.5 Å². The lowest BCUT2D eigenvalue weighted by molar-refractivity contribution is -0.122. The van der Waals surface area contributed by atoms with E-state index in [2.05, 4.69) is 16.2 Å². The first-order valence-corrected chi connectivity index (χ1v) is 8.35. The largest absolute Gasteiger partial charge is 0.338 e. The smallest absolute Gasteiger partial charge is 0.241 e. The maximum Gasteiger partial charge on any atom is 0.241 e. The van der Waals surface area contributed by atoms with Gasteiger partial charge in [-0.15, -0.1) is 0 Å². The summed E-state index contributed by atoms with van der Waals surface area (Å²) in [6.07, 6.45) is 0. The molecule has 1 atom stereocenters. The van der Waals surface area contributed by atoms with E-state index in [1.165, 1.54) is 0 Å². The van der Waals surface area contributed by atoms with E-state index in [1.54, 1.807) is 17.0 Å². The summed E-state index contributed by atoms with van der Waals surface area (Å²) < 4.78 is 5.29. The maximum atomic E-state index is 12.6. The molecule has 0 saturated carbocycles. The molecule has 130 valence electrons. The standard InChI is InChI=1S/C18H21N5O2/c1-12(2)18-20-16(25-21-18)10-22-11-17(24)23(9-13(22)3)15-7-5-4-6-14(15)8-19/h4-7,12-13H,9-11H2,1-3H3. The fourth-order valence-electron chi connectivity index (χ4n) is 2.88. The van der Waals surface area contributed by atoms with Crippen molar-refractivity contribution in [3.8, 4) is 6.07 Å². The molecule has 0 N–H and O–H groups in total. The lowest BCUT2D eigenvalue weighted by Crippen LogP contribution is -2.55. The first kappa shape index (κ1) is 17.1. The number of rotatable bonds is 4. The highest BCUT2D eigenvalue weighted by Crippen LogP contribution is 2.24. The van der Waals surface area contributed by atoms with Gasteiger partial charge in [-0.1, -0.05) is 31.1 Å². The number of nitrogens with zero attached hydrogens (tertiary/aromatic N) is 5. The number of aromatic nitrogens is 2. The summed E-state index contributed by atoms with van der Waals surface area (Å²) in [6, 6.07) is 9.44. The molecular weight excluding hydrogens is 318 g/mol. The number of carbonyl (C=O) groups is 1. The van der Waals surface area contributed by atoms with Crippen molar-refractivity contribution < 1.29 is 9.32 Å². The summed E-state index contributed by atoms with van der Waals surface area (Å²) in [4.78, 5) is 20.7. The van der Waals surface area contributed by atoms with Gasteiger partial charge in [0.1, 0.15) is 6.07 Å². The highest BCUT2D eigenvalue weighted by Gasteiger charge is 2.32. The third-order valence-corrected chi connectivity index (χ3v) is 4.36. The molecule has 1 amide bonds. The van der Waals surface area contributed by atoms with Gasteiger partial charge >= 0.3 is 0 Å². The van der Waals surface area contributed by atoms with Crippen LogP contribution in [0, 0.1) is 11.3 Å². The topological polar surface area (TPSA) is 86.3 Å². The molecule has 0 bridgehead atoms. The Labute approximate surface area is 146 Å². The van der Waals surface area contributed by atoms with Gasteiger partial charge in [0.15, 0.2) is 5.82 Å². The van der Waals surface area contributed by atoms with Crippen molar-refractivity contribution in [1.82, 2.24) is 15.0 Å². The molecule has 1 aliphatic rings. The van der Waals surface area contributed by atoms with E-state index in [0.29, 0.717) is 36.1 Å². The van der Waals surface area contributed by atoms with Crippen LogP contribution in [0.5, 0.6) is 0 Å². The molecule has 1 aromatic carbocycles. The Morgan fingerprint density at radius 1 is 1.40 bits per heavy atom.